The number of hydrogen-bond acceptors (Lipinski definition) is 2. The van der Waals surface area contributed by atoms with Gasteiger partial charge in [0.05, 0.1) is 0 Å². The minimum Gasteiger partial charge on any atom is -0.449 e. The molecule has 0 bridgehead atoms. The highest BCUT2D eigenvalue weighted by Gasteiger charge is 2.28. The topological polar surface area (TPSA) is 52.3 Å². The number of primary amides is 1. The molecule has 2 aromatic rings. The number of amides is 1. The molecule has 0 aliphatic heterocycles. The third-order valence-electron chi connectivity index (χ3n) is 3.35. The average Bonchev–Trinajstić information content (AvgIpc) is 2.99. The van der Waals surface area contributed by atoms with Crippen LogP contribution in [0.15, 0.2) is 48.5 Å². The highest BCUT2D eigenvalue weighted by atomic mass is 16.5. The zero-order valence-electron chi connectivity index (χ0n) is 15.8. The molecule has 2 aromatic carbocycles. The summed E-state index contributed by atoms with van der Waals surface area (Å²) in [6, 6.07) is 16.4. The van der Waals surface area contributed by atoms with E-state index >= 15 is 0 Å². The Labute approximate surface area is 146 Å². The number of benzene rings is 2. The normalized spacial score (nSPS) is 10.4. The summed E-state index contributed by atoms with van der Waals surface area (Å²) in [5, 5.41) is 0. The van der Waals surface area contributed by atoms with Crippen LogP contribution >= 0.6 is 0 Å². The molecule has 0 atom stereocenters. The van der Waals surface area contributed by atoms with Gasteiger partial charge in [0.1, 0.15) is 6.61 Å². The first-order chi connectivity index (χ1) is 11.8. The van der Waals surface area contributed by atoms with Crippen molar-refractivity contribution in [1.82, 2.24) is 0 Å². The van der Waals surface area contributed by atoms with E-state index in [2.05, 4.69) is 24.3 Å². The molecule has 3 rings (SSSR count). The molecule has 0 saturated heterocycles. The lowest BCUT2D eigenvalue weighted by atomic mass is 9.98. The number of carbonyl (C=O) groups excluding carboxylic acids is 1. The van der Waals surface area contributed by atoms with Crippen LogP contribution in [0.3, 0.4) is 0 Å². The second-order valence-electron chi connectivity index (χ2n) is 4.36. The maximum Gasteiger partial charge on any atom is 0.404 e. The number of fused-ring (bicyclic) bond motifs is 3. The summed E-state index contributed by atoms with van der Waals surface area (Å²) in [4.78, 5) is 10.8. The van der Waals surface area contributed by atoms with Crippen LogP contribution in [-0.4, -0.2) is 12.7 Å². The minimum atomic E-state index is -0.725. The SMILES string of the molecule is CC.CC.CC.NC(=O)OCC1c2ccccc2-c2ccccc21. The Morgan fingerprint density at radius 2 is 1.21 bits per heavy atom. The Morgan fingerprint density at radius 1 is 0.833 bits per heavy atom. The number of carbonyl (C=O) groups is 1. The minimum absolute atomic E-state index is 0.0879. The molecule has 2 N–H and O–H groups in total. The first-order valence-electron chi connectivity index (χ1n) is 8.88. The van der Waals surface area contributed by atoms with Gasteiger partial charge < -0.3 is 10.5 Å². The van der Waals surface area contributed by atoms with E-state index in [0.29, 0.717) is 6.61 Å². The molecule has 1 aliphatic rings. The number of hydrogen-bond donors (Lipinski definition) is 1. The number of ether oxygens (including phenoxy) is 1. The molecule has 0 fully saturated rings. The van der Waals surface area contributed by atoms with Gasteiger partial charge in [-0.15, -0.1) is 0 Å². The number of rotatable bonds is 2. The molecule has 0 heterocycles. The maximum absolute atomic E-state index is 10.8. The summed E-state index contributed by atoms with van der Waals surface area (Å²) in [5.74, 6) is 0.0879. The van der Waals surface area contributed by atoms with Crippen molar-refractivity contribution >= 4 is 6.09 Å². The lowest BCUT2D eigenvalue weighted by Crippen LogP contribution is -2.17. The van der Waals surface area contributed by atoms with Crippen molar-refractivity contribution in [3.8, 4) is 11.1 Å². The van der Waals surface area contributed by atoms with Gasteiger partial charge >= 0.3 is 6.09 Å². The van der Waals surface area contributed by atoms with Gasteiger partial charge in [0.15, 0.2) is 0 Å². The van der Waals surface area contributed by atoms with E-state index in [-0.39, 0.29) is 5.92 Å². The molecule has 1 aliphatic carbocycles. The van der Waals surface area contributed by atoms with Crippen LogP contribution in [0, 0.1) is 0 Å². The van der Waals surface area contributed by atoms with E-state index in [4.69, 9.17) is 10.5 Å². The van der Waals surface area contributed by atoms with Crippen molar-refractivity contribution < 1.29 is 9.53 Å². The Balaban J connectivity index is 0.000000798. The standard InChI is InChI=1S/C15H13NO2.3C2H6/c16-15(17)18-9-14-12-7-3-1-5-10(12)11-6-2-4-8-13(11)14;3*1-2/h1-8,14H,9H2,(H2,16,17);3*1-2H3. The highest BCUT2D eigenvalue weighted by molar-refractivity contribution is 5.79. The van der Waals surface area contributed by atoms with Crippen molar-refractivity contribution in [2.75, 3.05) is 6.61 Å². The summed E-state index contributed by atoms with van der Waals surface area (Å²) in [6.45, 7) is 12.3. The van der Waals surface area contributed by atoms with Crippen LogP contribution < -0.4 is 5.73 Å². The average molecular weight is 329 g/mol. The van der Waals surface area contributed by atoms with E-state index in [1.54, 1.807) is 0 Å². The van der Waals surface area contributed by atoms with E-state index < -0.39 is 6.09 Å². The molecule has 0 aromatic heterocycles. The van der Waals surface area contributed by atoms with E-state index in [9.17, 15) is 4.79 Å². The Hall–Kier alpha value is -2.29. The Bertz CT molecular complexity index is 563. The maximum atomic E-state index is 10.8. The summed E-state index contributed by atoms with van der Waals surface area (Å²) >= 11 is 0. The van der Waals surface area contributed by atoms with Gasteiger partial charge in [-0.3, -0.25) is 0 Å². The van der Waals surface area contributed by atoms with Gasteiger partial charge in [-0.1, -0.05) is 90.1 Å². The Kier molecular flexibility index (Phi) is 11.0. The monoisotopic (exact) mass is 329 g/mol. The van der Waals surface area contributed by atoms with E-state index in [1.807, 2.05) is 65.8 Å². The van der Waals surface area contributed by atoms with Crippen LogP contribution in [0.2, 0.25) is 0 Å². The van der Waals surface area contributed by atoms with Crippen LogP contribution in [0.1, 0.15) is 58.6 Å². The Morgan fingerprint density at radius 3 is 1.58 bits per heavy atom. The van der Waals surface area contributed by atoms with E-state index in [0.717, 1.165) is 0 Å². The van der Waals surface area contributed by atoms with Gasteiger partial charge in [-0.25, -0.2) is 4.79 Å². The van der Waals surface area contributed by atoms with Crippen LogP contribution in [0.5, 0.6) is 0 Å². The first kappa shape index (κ1) is 21.7. The lowest BCUT2D eigenvalue weighted by Gasteiger charge is -2.12. The molecule has 3 heteroatoms. The smallest absolute Gasteiger partial charge is 0.404 e. The molecular weight excluding hydrogens is 298 g/mol. The summed E-state index contributed by atoms with van der Waals surface area (Å²) in [5.41, 5.74) is 9.87. The molecule has 132 valence electrons. The molecule has 0 unspecified atom stereocenters. The second kappa shape index (κ2) is 12.2. The summed E-state index contributed by atoms with van der Waals surface area (Å²) < 4.78 is 4.98. The molecule has 0 radical (unpaired) electrons. The van der Waals surface area contributed by atoms with Crippen molar-refractivity contribution in [2.24, 2.45) is 5.73 Å². The fraction of sp³-hybridized carbons (Fsp3) is 0.381. The first-order valence-corrected chi connectivity index (χ1v) is 8.88. The summed E-state index contributed by atoms with van der Waals surface area (Å²) in [7, 11) is 0. The van der Waals surface area contributed by atoms with Crippen LogP contribution in [0.25, 0.3) is 11.1 Å². The summed E-state index contributed by atoms with van der Waals surface area (Å²) in [6.07, 6.45) is -0.725. The van der Waals surface area contributed by atoms with Crippen LogP contribution in [-0.2, 0) is 4.74 Å². The van der Waals surface area contributed by atoms with Gasteiger partial charge in [0.2, 0.25) is 0 Å². The molecule has 1 amide bonds. The predicted molar refractivity (Wildman–Crippen MR) is 103 cm³/mol. The molecule has 0 spiro atoms. The fourth-order valence-corrected chi connectivity index (χ4v) is 2.60. The zero-order chi connectivity index (χ0) is 18.5. The molecular formula is C21H31NO2. The largest absolute Gasteiger partial charge is 0.449 e. The third kappa shape index (κ3) is 5.12. The highest BCUT2D eigenvalue weighted by Crippen LogP contribution is 2.44. The van der Waals surface area contributed by atoms with Gasteiger partial charge in [0.25, 0.3) is 0 Å². The number of nitrogens with two attached hydrogens (primary N) is 1. The zero-order valence-corrected chi connectivity index (χ0v) is 15.8. The van der Waals surface area contributed by atoms with Crippen molar-refractivity contribution in [3.63, 3.8) is 0 Å². The van der Waals surface area contributed by atoms with Crippen molar-refractivity contribution in [1.29, 1.82) is 0 Å². The molecule has 3 nitrogen and oxygen atoms in total. The second-order valence-corrected chi connectivity index (χ2v) is 4.36. The van der Waals surface area contributed by atoms with Crippen LogP contribution in [0.4, 0.5) is 4.79 Å². The fourth-order valence-electron chi connectivity index (χ4n) is 2.60. The quantitative estimate of drug-likeness (QED) is 0.737. The molecule has 24 heavy (non-hydrogen) atoms. The predicted octanol–water partition coefficient (Wildman–Crippen LogP) is 5.97. The third-order valence-corrected chi connectivity index (χ3v) is 3.35. The van der Waals surface area contributed by atoms with Crippen molar-refractivity contribution in [2.45, 2.75) is 47.5 Å². The van der Waals surface area contributed by atoms with Gasteiger partial charge in [-0.2, -0.15) is 0 Å². The molecule has 0 saturated carbocycles. The van der Waals surface area contributed by atoms with Gasteiger partial charge in [-0.05, 0) is 22.3 Å². The van der Waals surface area contributed by atoms with E-state index in [1.165, 1.54) is 22.3 Å². The van der Waals surface area contributed by atoms with Crippen molar-refractivity contribution in [3.05, 3.63) is 59.7 Å². The van der Waals surface area contributed by atoms with Gasteiger partial charge in [0, 0.05) is 5.92 Å². The lowest BCUT2D eigenvalue weighted by molar-refractivity contribution is 0.153.